The first-order valence-corrected chi connectivity index (χ1v) is 11.5. The molecule has 0 saturated carbocycles. The average molecular weight is 512 g/mol. The molecule has 170 valence electrons. The van der Waals surface area contributed by atoms with Gasteiger partial charge in [0.05, 0.1) is 4.47 Å². The van der Waals surface area contributed by atoms with Crippen molar-refractivity contribution < 1.29 is 23.8 Å². The molecule has 33 heavy (non-hydrogen) atoms. The van der Waals surface area contributed by atoms with Gasteiger partial charge in [-0.05, 0) is 68.7 Å². The summed E-state index contributed by atoms with van der Waals surface area (Å²) < 4.78 is 19.8. The lowest BCUT2D eigenvalue weighted by Crippen LogP contribution is -2.37. The highest BCUT2D eigenvalue weighted by Gasteiger charge is 2.29. The Balaban J connectivity index is 1.43. The number of carbonyl (C=O) groups is 2. The molecule has 0 heterocycles. The number of fused-ring (bicyclic) bond motifs is 3. The second-order valence-electron chi connectivity index (χ2n) is 8.05. The molecule has 1 unspecified atom stereocenters. The van der Waals surface area contributed by atoms with Gasteiger partial charge in [0, 0.05) is 18.4 Å². The SMILES string of the molecule is O=C(O)CCC(Cc1ccc(Br)c(F)c1)NC(=O)OCC1c2ccccc2-c2ccccc21. The van der Waals surface area contributed by atoms with Crippen molar-refractivity contribution in [3.8, 4) is 11.1 Å². The fraction of sp³-hybridized carbons (Fsp3) is 0.231. The van der Waals surface area contributed by atoms with Gasteiger partial charge in [-0.15, -0.1) is 0 Å². The molecule has 7 heteroatoms. The van der Waals surface area contributed by atoms with Gasteiger partial charge in [0.15, 0.2) is 0 Å². The summed E-state index contributed by atoms with van der Waals surface area (Å²) in [6.07, 6.45) is -0.239. The van der Waals surface area contributed by atoms with Crippen LogP contribution in [0.4, 0.5) is 9.18 Å². The molecular weight excluding hydrogens is 489 g/mol. The average Bonchev–Trinajstić information content (AvgIpc) is 3.12. The molecule has 4 rings (SSSR count). The van der Waals surface area contributed by atoms with E-state index in [1.54, 1.807) is 12.1 Å². The summed E-state index contributed by atoms with van der Waals surface area (Å²) >= 11 is 3.12. The van der Waals surface area contributed by atoms with Gasteiger partial charge in [-0.3, -0.25) is 4.79 Å². The van der Waals surface area contributed by atoms with Crippen LogP contribution in [0.25, 0.3) is 11.1 Å². The Kier molecular flexibility index (Phi) is 7.08. The first-order chi connectivity index (χ1) is 15.9. The van der Waals surface area contributed by atoms with Crippen molar-refractivity contribution in [1.82, 2.24) is 5.32 Å². The Morgan fingerprint density at radius 2 is 1.67 bits per heavy atom. The van der Waals surface area contributed by atoms with Crippen LogP contribution in [0.5, 0.6) is 0 Å². The van der Waals surface area contributed by atoms with E-state index in [2.05, 4.69) is 33.4 Å². The number of hydrogen-bond acceptors (Lipinski definition) is 3. The Bertz CT molecular complexity index is 1140. The molecule has 1 aliphatic carbocycles. The minimum absolute atomic E-state index is 0.0683. The van der Waals surface area contributed by atoms with Gasteiger partial charge in [0.1, 0.15) is 12.4 Å². The monoisotopic (exact) mass is 511 g/mol. The van der Waals surface area contributed by atoms with Gasteiger partial charge < -0.3 is 15.2 Å². The summed E-state index contributed by atoms with van der Waals surface area (Å²) in [6.45, 7) is 0.165. The van der Waals surface area contributed by atoms with E-state index in [1.807, 2.05) is 36.4 Å². The summed E-state index contributed by atoms with van der Waals surface area (Å²) in [5, 5.41) is 11.8. The van der Waals surface area contributed by atoms with Crippen molar-refractivity contribution in [1.29, 1.82) is 0 Å². The molecule has 0 spiro atoms. The largest absolute Gasteiger partial charge is 0.481 e. The smallest absolute Gasteiger partial charge is 0.407 e. The van der Waals surface area contributed by atoms with Crippen molar-refractivity contribution >= 4 is 28.0 Å². The number of carboxylic acids is 1. The van der Waals surface area contributed by atoms with Crippen LogP contribution in [-0.2, 0) is 16.0 Å². The number of aliphatic carboxylic acids is 1. The van der Waals surface area contributed by atoms with E-state index in [1.165, 1.54) is 6.07 Å². The number of alkyl carbamates (subject to hydrolysis) is 1. The zero-order valence-corrected chi connectivity index (χ0v) is 19.3. The minimum Gasteiger partial charge on any atom is -0.481 e. The van der Waals surface area contributed by atoms with Crippen LogP contribution in [0.3, 0.4) is 0 Å². The fourth-order valence-electron chi connectivity index (χ4n) is 4.28. The lowest BCUT2D eigenvalue weighted by Gasteiger charge is -2.20. The summed E-state index contributed by atoms with van der Waals surface area (Å²) in [4.78, 5) is 23.7. The molecule has 3 aromatic carbocycles. The van der Waals surface area contributed by atoms with E-state index in [-0.39, 0.29) is 25.4 Å². The number of amides is 1. The third kappa shape index (κ3) is 5.42. The standard InChI is InChI=1S/C26H23BrFNO4/c27-23-11-9-16(14-24(23)28)13-17(10-12-25(30)31)29-26(32)33-15-22-20-7-3-1-5-18(20)19-6-2-4-8-21(19)22/h1-9,11,14,17,22H,10,12-13,15H2,(H,29,32)(H,30,31). The van der Waals surface area contributed by atoms with Gasteiger partial charge >= 0.3 is 12.1 Å². The lowest BCUT2D eigenvalue weighted by molar-refractivity contribution is -0.137. The Labute approximate surface area is 199 Å². The predicted octanol–water partition coefficient (Wildman–Crippen LogP) is 5.90. The van der Waals surface area contributed by atoms with Crippen LogP contribution >= 0.6 is 15.9 Å². The van der Waals surface area contributed by atoms with Crippen molar-refractivity contribution in [3.05, 3.63) is 93.7 Å². The van der Waals surface area contributed by atoms with E-state index in [0.29, 0.717) is 16.5 Å². The van der Waals surface area contributed by atoms with E-state index in [0.717, 1.165) is 22.3 Å². The highest BCUT2D eigenvalue weighted by atomic mass is 79.9. The van der Waals surface area contributed by atoms with Crippen molar-refractivity contribution in [2.45, 2.75) is 31.2 Å². The summed E-state index contributed by atoms with van der Waals surface area (Å²) in [5.41, 5.74) is 5.15. The van der Waals surface area contributed by atoms with Gasteiger partial charge in [0.25, 0.3) is 0 Å². The Hall–Kier alpha value is -3.19. The molecule has 0 bridgehead atoms. The number of hydrogen-bond donors (Lipinski definition) is 2. The van der Waals surface area contributed by atoms with Crippen molar-refractivity contribution in [2.24, 2.45) is 0 Å². The van der Waals surface area contributed by atoms with E-state index in [9.17, 15) is 14.0 Å². The summed E-state index contributed by atoms with van der Waals surface area (Å²) in [6, 6.07) is 20.3. The molecule has 3 aromatic rings. The normalized spacial score (nSPS) is 13.2. The maximum Gasteiger partial charge on any atom is 0.407 e. The molecule has 2 N–H and O–H groups in total. The van der Waals surface area contributed by atoms with Crippen molar-refractivity contribution in [2.75, 3.05) is 6.61 Å². The maximum atomic E-state index is 13.9. The molecule has 1 aliphatic rings. The summed E-state index contributed by atoms with van der Waals surface area (Å²) in [5.74, 6) is -1.44. The third-order valence-electron chi connectivity index (χ3n) is 5.84. The number of halogens is 2. The van der Waals surface area contributed by atoms with Crippen molar-refractivity contribution in [3.63, 3.8) is 0 Å². The molecule has 0 aliphatic heterocycles. The number of benzene rings is 3. The second-order valence-corrected chi connectivity index (χ2v) is 8.91. The first-order valence-electron chi connectivity index (χ1n) is 10.7. The molecular formula is C26H23BrFNO4. The van der Waals surface area contributed by atoms with Gasteiger partial charge in [0.2, 0.25) is 0 Å². The van der Waals surface area contributed by atoms with Gasteiger partial charge in [-0.1, -0.05) is 54.6 Å². The Morgan fingerprint density at radius 3 is 2.27 bits per heavy atom. The predicted molar refractivity (Wildman–Crippen MR) is 127 cm³/mol. The zero-order chi connectivity index (χ0) is 23.4. The number of carboxylic acid groups (broad SMARTS) is 1. The van der Waals surface area contributed by atoms with Crippen LogP contribution in [0.2, 0.25) is 0 Å². The molecule has 0 aromatic heterocycles. The van der Waals surface area contributed by atoms with Crippen LogP contribution in [0, 0.1) is 5.82 Å². The fourth-order valence-corrected chi connectivity index (χ4v) is 4.53. The highest BCUT2D eigenvalue weighted by molar-refractivity contribution is 9.10. The lowest BCUT2D eigenvalue weighted by atomic mass is 9.98. The van der Waals surface area contributed by atoms with Crippen LogP contribution in [0.1, 0.15) is 35.4 Å². The van der Waals surface area contributed by atoms with Crippen LogP contribution in [-0.4, -0.2) is 29.8 Å². The number of ether oxygens (including phenoxy) is 1. The van der Waals surface area contributed by atoms with Gasteiger partial charge in [-0.25, -0.2) is 9.18 Å². The molecule has 0 fully saturated rings. The topological polar surface area (TPSA) is 75.6 Å². The molecule has 5 nitrogen and oxygen atoms in total. The molecule has 0 saturated heterocycles. The number of nitrogens with one attached hydrogen (secondary N) is 1. The molecule has 1 amide bonds. The third-order valence-corrected chi connectivity index (χ3v) is 6.48. The molecule has 1 atom stereocenters. The quantitative estimate of drug-likeness (QED) is 0.394. The van der Waals surface area contributed by atoms with Gasteiger partial charge in [-0.2, -0.15) is 0 Å². The molecule has 0 radical (unpaired) electrons. The number of rotatable bonds is 8. The van der Waals surface area contributed by atoms with E-state index >= 15 is 0 Å². The minimum atomic E-state index is -0.962. The van der Waals surface area contributed by atoms with Crippen LogP contribution in [0.15, 0.2) is 71.2 Å². The zero-order valence-electron chi connectivity index (χ0n) is 17.8. The van der Waals surface area contributed by atoms with Crippen LogP contribution < -0.4 is 5.32 Å². The number of carbonyl (C=O) groups excluding carboxylic acids is 1. The van der Waals surface area contributed by atoms with E-state index in [4.69, 9.17) is 9.84 Å². The van der Waals surface area contributed by atoms with E-state index < -0.39 is 23.9 Å². The summed E-state index contributed by atoms with van der Waals surface area (Å²) in [7, 11) is 0. The Morgan fingerprint density at radius 1 is 1.03 bits per heavy atom. The first kappa shape index (κ1) is 23.0. The highest BCUT2D eigenvalue weighted by Crippen LogP contribution is 2.44. The second kappa shape index (κ2) is 10.2. The maximum absolute atomic E-state index is 13.9.